The third-order valence-electron chi connectivity index (χ3n) is 2.52. The molecule has 0 saturated heterocycles. The largest absolute Gasteiger partial charge is 0.469 e. The molecule has 5 heteroatoms. The average Bonchev–Trinajstić information content (AvgIpc) is 2.93. The van der Waals surface area contributed by atoms with Gasteiger partial charge in [0.05, 0.1) is 11.1 Å². The number of fused-ring (bicyclic) bond motifs is 1. The van der Waals surface area contributed by atoms with Gasteiger partial charge in [-0.1, -0.05) is 0 Å². The molecule has 0 aliphatic carbocycles. The first-order valence-corrected chi connectivity index (χ1v) is 5.08. The minimum absolute atomic E-state index is 0.568. The van der Waals surface area contributed by atoms with Gasteiger partial charge in [0.1, 0.15) is 18.1 Å². The number of hydrogen-bond donors (Lipinski definition) is 0. The Balaban J connectivity index is 2.27. The number of hydrogen-bond acceptors (Lipinski definition) is 4. The molecule has 0 aliphatic heterocycles. The first-order valence-electron chi connectivity index (χ1n) is 5.08. The van der Waals surface area contributed by atoms with Gasteiger partial charge in [-0.05, 0) is 25.1 Å². The van der Waals surface area contributed by atoms with Crippen LogP contribution < -0.4 is 0 Å². The smallest absolute Gasteiger partial charge is 0.171 e. The fraction of sp³-hybridized carbons (Fsp3) is 0.0833. The topological polar surface area (TPSA) is 67.1 Å². The summed E-state index contributed by atoms with van der Waals surface area (Å²) in [6.07, 6.45) is 3.35. The first kappa shape index (κ1) is 9.60. The summed E-state index contributed by atoms with van der Waals surface area (Å²) in [5, 5.41) is 17.0. The van der Waals surface area contributed by atoms with Crippen LogP contribution in [-0.2, 0) is 0 Å². The van der Waals surface area contributed by atoms with Gasteiger partial charge in [-0.25, -0.2) is 0 Å². The average molecular weight is 224 g/mol. The van der Waals surface area contributed by atoms with Crippen LogP contribution in [0.5, 0.6) is 0 Å². The molecule has 82 valence electrons. The van der Waals surface area contributed by atoms with Crippen molar-refractivity contribution in [3.05, 3.63) is 42.0 Å². The maximum atomic E-state index is 8.88. The number of rotatable bonds is 1. The van der Waals surface area contributed by atoms with Crippen molar-refractivity contribution in [1.82, 2.24) is 14.6 Å². The molecule has 0 amide bonds. The maximum Gasteiger partial charge on any atom is 0.171 e. The fourth-order valence-electron chi connectivity index (χ4n) is 1.71. The van der Waals surface area contributed by atoms with Gasteiger partial charge in [0.2, 0.25) is 0 Å². The molecule has 5 nitrogen and oxygen atoms in total. The Bertz CT molecular complexity index is 732. The second-order valence-electron chi connectivity index (χ2n) is 3.73. The Morgan fingerprint density at radius 1 is 1.35 bits per heavy atom. The molecule has 0 saturated carbocycles. The number of pyridine rings is 1. The number of aryl methyl sites for hydroxylation is 1. The number of furan rings is 1. The molecule has 3 rings (SSSR count). The van der Waals surface area contributed by atoms with Crippen LogP contribution in [0.25, 0.3) is 17.0 Å². The zero-order chi connectivity index (χ0) is 11.8. The van der Waals surface area contributed by atoms with Crippen LogP contribution in [0, 0.1) is 18.3 Å². The van der Waals surface area contributed by atoms with Gasteiger partial charge in [-0.2, -0.15) is 5.26 Å². The van der Waals surface area contributed by atoms with Crippen molar-refractivity contribution >= 4 is 5.65 Å². The highest BCUT2D eigenvalue weighted by Crippen LogP contribution is 2.21. The summed E-state index contributed by atoms with van der Waals surface area (Å²) in [6.45, 7) is 1.87. The molecule has 0 fully saturated rings. The van der Waals surface area contributed by atoms with Gasteiger partial charge in [-0.3, -0.25) is 4.40 Å². The molecule has 3 aromatic rings. The molecule has 0 bridgehead atoms. The quantitative estimate of drug-likeness (QED) is 0.635. The summed E-state index contributed by atoms with van der Waals surface area (Å²) in [6, 6.07) is 7.46. The molecular formula is C12H8N4O. The molecule has 3 heterocycles. The highest BCUT2D eigenvalue weighted by Gasteiger charge is 2.10. The molecule has 0 aliphatic rings. The third kappa shape index (κ3) is 1.47. The highest BCUT2D eigenvalue weighted by atomic mass is 16.3. The van der Waals surface area contributed by atoms with Crippen molar-refractivity contribution in [2.24, 2.45) is 0 Å². The van der Waals surface area contributed by atoms with E-state index in [0.717, 1.165) is 11.3 Å². The van der Waals surface area contributed by atoms with Gasteiger partial charge in [-0.15, -0.1) is 10.2 Å². The van der Waals surface area contributed by atoms with Crippen molar-refractivity contribution in [2.45, 2.75) is 6.92 Å². The van der Waals surface area contributed by atoms with E-state index in [9.17, 15) is 0 Å². The van der Waals surface area contributed by atoms with E-state index in [2.05, 4.69) is 16.3 Å². The van der Waals surface area contributed by atoms with Gasteiger partial charge >= 0.3 is 0 Å². The van der Waals surface area contributed by atoms with Crippen molar-refractivity contribution in [3.63, 3.8) is 0 Å². The lowest BCUT2D eigenvalue weighted by molar-refractivity contribution is 0.534. The van der Waals surface area contributed by atoms with Crippen LogP contribution in [-0.4, -0.2) is 14.6 Å². The summed E-state index contributed by atoms with van der Waals surface area (Å²) in [5.41, 5.74) is 2.13. The Labute approximate surface area is 96.9 Å². The summed E-state index contributed by atoms with van der Waals surface area (Å²) in [4.78, 5) is 0. The van der Waals surface area contributed by atoms with Gasteiger partial charge < -0.3 is 4.42 Å². The number of aromatic nitrogens is 3. The normalized spacial score (nSPS) is 10.6. The third-order valence-corrected chi connectivity index (χ3v) is 2.52. The summed E-state index contributed by atoms with van der Waals surface area (Å²) >= 11 is 0. The molecular weight excluding hydrogens is 216 g/mol. The standard InChI is InChI=1S/C12H8N4O/c1-8-4-10(7-17-8)12-15-14-11-3-2-9(5-13)6-16(11)12/h2-4,6-7H,1H3. The van der Waals surface area contributed by atoms with Crippen molar-refractivity contribution in [2.75, 3.05) is 0 Å². The van der Waals surface area contributed by atoms with E-state index in [1.54, 1.807) is 29.0 Å². The summed E-state index contributed by atoms with van der Waals surface area (Å²) in [5.74, 6) is 1.49. The van der Waals surface area contributed by atoms with E-state index < -0.39 is 0 Å². The van der Waals surface area contributed by atoms with Crippen LogP contribution in [0.3, 0.4) is 0 Å². The zero-order valence-corrected chi connectivity index (χ0v) is 9.08. The van der Waals surface area contributed by atoms with E-state index in [1.165, 1.54) is 0 Å². The Morgan fingerprint density at radius 2 is 2.24 bits per heavy atom. The monoisotopic (exact) mass is 224 g/mol. The Hall–Kier alpha value is -2.61. The first-order chi connectivity index (χ1) is 8.28. The van der Waals surface area contributed by atoms with Crippen LogP contribution in [0.4, 0.5) is 0 Å². The second kappa shape index (κ2) is 3.46. The molecule has 17 heavy (non-hydrogen) atoms. The van der Waals surface area contributed by atoms with Gasteiger partial charge in [0.15, 0.2) is 11.5 Å². The van der Waals surface area contributed by atoms with Crippen LogP contribution >= 0.6 is 0 Å². The van der Waals surface area contributed by atoms with E-state index in [0.29, 0.717) is 17.0 Å². The van der Waals surface area contributed by atoms with E-state index in [1.807, 2.05) is 13.0 Å². The lowest BCUT2D eigenvalue weighted by Crippen LogP contribution is -1.89. The molecule has 0 N–H and O–H groups in total. The summed E-state index contributed by atoms with van der Waals surface area (Å²) in [7, 11) is 0. The van der Waals surface area contributed by atoms with Gasteiger partial charge in [0.25, 0.3) is 0 Å². The maximum absolute atomic E-state index is 8.88. The zero-order valence-electron chi connectivity index (χ0n) is 9.08. The lowest BCUT2D eigenvalue weighted by atomic mass is 10.3. The highest BCUT2D eigenvalue weighted by molar-refractivity contribution is 5.59. The van der Waals surface area contributed by atoms with Crippen LogP contribution in [0.1, 0.15) is 11.3 Å². The minimum Gasteiger partial charge on any atom is -0.469 e. The van der Waals surface area contributed by atoms with Crippen molar-refractivity contribution < 1.29 is 4.42 Å². The Morgan fingerprint density at radius 3 is 2.94 bits per heavy atom. The molecule has 0 unspecified atom stereocenters. The number of nitrogens with zero attached hydrogens (tertiary/aromatic N) is 4. The minimum atomic E-state index is 0.568. The predicted octanol–water partition coefficient (Wildman–Crippen LogP) is 2.17. The molecule has 0 aromatic carbocycles. The molecule has 0 spiro atoms. The van der Waals surface area contributed by atoms with E-state index >= 15 is 0 Å². The van der Waals surface area contributed by atoms with Crippen LogP contribution in [0.2, 0.25) is 0 Å². The van der Waals surface area contributed by atoms with Crippen molar-refractivity contribution in [3.8, 4) is 17.5 Å². The molecule has 0 atom stereocenters. The van der Waals surface area contributed by atoms with E-state index in [4.69, 9.17) is 9.68 Å². The predicted molar refractivity (Wildman–Crippen MR) is 60.1 cm³/mol. The van der Waals surface area contributed by atoms with Gasteiger partial charge in [0, 0.05) is 6.20 Å². The van der Waals surface area contributed by atoms with E-state index in [-0.39, 0.29) is 0 Å². The molecule has 3 aromatic heterocycles. The van der Waals surface area contributed by atoms with Crippen molar-refractivity contribution in [1.29, 1.82) is 5.26 Å². The van der Waals surface area contributed by atoms with Crippen LogP contribution in [0.15, 0.2) is 35.1 Å². The number of nitriles is 1. The second-order valence-corrected chi connectivity index (χ2v) is 3.73. The Kier molecular flexibility index (Phi) is 1.95. The SMILES string of the molecule is Cc1cc(-c2nnc3ccc(C#N)cn23)co1. The lowest BCUT2D eigenvalue weighted by Gasteiger charge is -1.96. The summed E-state index contributed by atoms with van der Waals surface area (Å²) < 4.78 is 7.03. The molecule has 0 radical (unpaired) electrons. The fourth-order valence-corrected chi connectivity index (χ4v) is 1.71.